The van der Waals surface area contributed by atoms with Crippen molar-refractivity contribution in [2.45, 2.75) is 30.2 Å². The fourth-order valence-electron chi connectivity index (χ4n) is 2.55. The highest BCUT2D eigenvalue weighted by molar-refractivity contribution is 7.89. The Morgan fingerprint density at radius 1 is 1.15 bits per heavy atom. The van der Waals surface area contributed by atoms with Gasteiger partial charge in [0.2, 0.25) is 10.0 Å². The van der Waals surface area contributed by atoms with Gasteiger partial charge in [-0.05, 0) is 37.1 Å². The number of hydrogen-bond donors (Lipinski definition) is 3. The average molecular weight is 397 g/mol. The highest BCUT2D eigenvalue weighted by Crippen LogP contribution is 2.30. The van der Waals surface area contributed by atoms with E-state index in [-0.39, 0.29) is 16.3 Å². The molecule has 4 N–H and O–H groups in total. The van der Waals surface area contributed by atoms with Crippen molar-refractivity contribution in [2.75, 3.05) is 6.54 Å². The van der Waals surface area contributed by atoms with Crippen LogP contribution in [0.1, 0.15) is 19.3 Å². The van der Waals surface area contributed by atoms with Gasteiger partial charge in [0.15, 0.2) is 0 Å². The Morgan fingerprint density at radius 3 is 2.46 bits per heavy atom. The molecule has 2 aromatic carbocycles. The van der Waals surface area contributed by atoms with Crippen molar-refractivity contribution >= 4 is 27.6 Å². The molecule has 0 aromatic heterocycles. The SMILES string of the molecule is NCCCCC(NS(=O)(=O)c1cc(Cl)ccc1-c1ccccc1)C(=O)O. The van der Waals surface area contributed by atoms with Gasteiger partial charge in [0, 0.05) is 10.6 Å². The fourth-order valence-corrected chi connectivity index (χ4v) is 4.27. The Bertz CT molecular complexity index is 857. The third kappa shape index (κ3) is 5.28. The van der Waals surface area contributed by atoms with Crippen LogP contribution >= 0.6 is 11.6 Å². The van der Waals surface area contributed by atoms with Crippen LogP contribution in [0.3, 0.4) is 0 Å². The molecular formula is C18H21ClN2O4S. The Morgan fingerprint density at radius 2 is 1.85 bits per heavy atom. The number of benzene rings is 2. The van der Waals surface area contributed by atoms with Gasteiger partial charge in [0.05, 0.1) is 4.90 Å². The summed E-state index contributed by atoms with van der Waals surface area (Å²) in [5.74, 6) is -1.23. The first kappa shape index (κ1) is 20.4. The summed E-state index contributed by atoms with van der Waals surface area (Å²) in [5.41, 5.74) is 6.56. The predicted molar refractivity (Wildman–Crippen MR) is 102 cm³/mol. The van der Waals surface area contributed by atoms with Crippen molar-refractivity contribution < 1.29 is 18.3 Å². The minimum absolute atomic E-state index is 0.0544. The average Bonchev–Trinajstić information content (AvgIpc) is 2.61. The third-order valence-corrected chi connectivity index (χ3v) is 5.61. The lowest BCUT2D eigenvalue weighted by molar-refractivity contribution is -0.139. The van der Waals surface area contributed by atoms with Crippen LogP contribution in [0.25, 0.3) is 11.1 Å². The summed E-state index contributed by atoms with van der Waals surface area (Å²) in [5, 5.41) is 9.59. The Kier molecular flexibility index (Phi) is 7.16. The Labute approximate surface area is 158 Å². The van der Waals surface area contributed by atoms with Gasteiger partial charge in [-0.2, -0.15) is 4.72 Å². The van der Waals surface area contributed by atoms with Crippen LogP contribution in [-0.2, 0) is 14.8 Å². The van der Waals surface area contributed by atoms with Gasteiger partial charge in [0.25, 0.3) is 0 Å². The van der Waals surface area contributed by atoms with E-state index in [1.54, 1.807) is 36.4 Å². The largest absolute Gasteiger partial charge is 0.480 e. The van der Waals surface area contributed by atoms with E-state index in [1.807, 2.05) is 6.07 Å². The van der Waals surface area contributed by atoms with E-state index in [1.165, 1.54) is 6.07 Å². The Balaban J connectivity index is 2.38. The molecule has 26 heavy (non-hydrogen) atoms. The van der Waals surface area contributed by atoms with E-state index >= 15 is 0 Å². The molecule has 0 radical (unpaired) electrons. The van der Waals surface area contributed by atoms with Gasteiger partial charge in [-0.15, -0.1) is 0 Å². The molecule has 1 unspecified atom stereocenters. The number of nitrogens with two attached hydrogens (primary N) is 1. The summed E-state index contributed by atoms with van der Waals surface area (Å²) in [6, 6.07) is 12.3. The number of carboxylic acids is 1. The van der Waals surface area contributed by atoms with Crippen LogP contribution in [0.4, 0.5) is 0 Å². The highest BCUT2D eigenvalue weighted by atomic mass is 35.5. The van der Waals surface area contributed by atoms with Crippen molar-refractivity contribution in [3.8, 4) is 11.1 Å². The number of sulfonamides is 1. The van der Waals surface area contributed by atoms with E-state index in [0.29, 0.717) is 30.5 Å². The summed E-state index contributed by atoms with van der Waals surface area (Å²) in [6.45, 7) is 0.422. The van der Waals surface area contributed by atoms with E-state index in [9.17, 15) is 18.3 Å². The number of halogens is 1. The number of rotatable bonds is 9. The smallest absolute Gasteiger partial charge is 0.321 e. The second-order valence-corrected chi connectivity index (χ2v) is 7.92. The van der Waals surface area contributed by atoms with Crippen LogP contribution in [0, 0.1) is 0 Å². The summed E-state index contributed by atoms with van der Waals surface area (Å²) < 4.78 is 28.0. The zero-order valence-electron chi connectivity index (χ0n) is 14.1. The standard InChI is InChI=1S/C18H21ClN2O4S/c19-14-9-10-15(13-6-2-1-3-7-13)17(12-14)26(24,25)21-16(18(22)23)8-4-5-11-20/h1-3,6-7,9-10,12,16,21H,4-5,8,11,20H2,(H,22,23). The zero-order chi connectivity index (χ0) is 19.2. The summed E-state index contributed by atoms with van der Waals surface area (Å²) in [4.78, 5) is 11.4. The predicted octanol–water partition coefficient (Wildman–Crippen LogP) is 2.87. The Hall–Kier alpha value is -1.93. The number of unbranched alkanes of at least 4 members (excludes halogenated alkanes) is 1. The fraction of sp³-hybridized carbons (Fsp3) is 0.278. The topological polar surface area (TPSA) is 109 Å². The van der Waals surface area contributed by atoms with Crippen LogP contribution in [0.2, 0.25) is 5.02 Å². The van der Waals surface area contributed by atoms with Crippen molar-refractivity contribution in [3.05, 3.63) is 53.6 Å². The number of hydrogen-bond acceptors (Lipinski definition) is 4. The van der Waals surface area contributed by atoms with Crippen LogP contribution < -0.4 is 10.5 Å². The summed E-state index contributed by atoms with van der Waals surface area (Å²) in [7, 11) is -4.09. The van der Waals surface area contributed by atoms with Crippen LogP contribution in [0.5, 0.6) is 0 Å². The van der Waals surface area contributed by atoms with Crippen LogP contribution in [0.15, 0.2) is 53.4 Å². The monoisotopic (exact) mass is 396 g/mol. The minimum Gasteiger partial charge on any atom is -0.480 e. The molecule has 0 aliphatic rings. The highest BCUT2D eigenvalue weighted by Gasteiger charge is 2.27. The number of carboxylic acid groups (broad SMARTS) is 1. The number of nitrogens with one attached hydrogen (secondary N) is 1. The molecule has 0 aliphatic heterocycles. The van der Waals surface area contributed by atoms with E-state index in [2.05, 4.69) is 4.72 Å². The molecule has 0 saturated carbocycles. The van der Waals surface area contributed by atoms with Crippen LogP contribution in [-0.4, -0.2) is 32.1 Å². The molecular weight excluding hydrogens is 376 g/mol. The molecule has 2 rings (SSSR count). The third-order valence-electron chi connectivity index (χ3n) is 3.86. The van der Waals surface area contributed by atoms with Gasteiger partial charge < -0.3 is 10.8 Å². The van der Waals surface area contributed by atoms with E-state index in [0.717, 1.165) is 0 Å². The maximum atomic E-state index is 12.9. The molecule has 0 bridgehead atoms. The number of aliphatic carboxylic acids is 1. The lowest BCUT2D eigenvalue weighted by atomic mass is 10.1. The maximum absolute atomic E-state index is 12.9. The molecule has 0 spiro atoms. The van der Waals surface area contributed by atoms with Gasteiger partial charge in [-0.3, -0.25) is 4.79 Å². The van der Waals surface area contributed by atoms with E-state index in [4.69, 9.17) is 17.3 Å². The summed E-state index contributed by atoms with van der Waals surface area (Å²) in [6.07, 6.45) is 1.29. The molecule has 0 heterocycles. The van der Waals surface area contributed by atoms with Crippen molar-refractivity contribution in [1.29, 1.82) is 0 Å². The molecule has 2 aromatic rings. The first-order valence-electron chi connectivity index (χ1n) is 8.15. The first-order valence-corrected chi connectivity index (χ1v) is 10.0. The molecule has 0 aliphatic carbocycles. The van der Waals surface area contributed by atoms with Gasteiger partial charge in [-0.25, -0.2) is 8.42 Å². The molecule has 0 amide bonds. The summed E-state index contributed by atoms with van der Waals surface area (Å²) >= 11 is 5.99. The lowest BCUT2D eigenvalue weighted by Gasteiger charge is -2.17. The first-order chi connectivity index (χ1) is 12.3. The number of carbonyl (C=O) groups is 1. The molecule has 1 atom stereocenters. The zero-order valence-corrected chi connectivity index (χ0v) is 15.6. The molecule has 6 nitrogen and oxygen atoms in total. The molecule has 8 heteroatoms. The minimum atomic E-state index is -4.09. The van der Waals surface area contributed by atoms with Crippen molar-refractivity contribution in [2.24, 2.45) is 5.73 Å². The second-order valence-electron chi connectivity index (χ2n) is 5.80. The molecule has 0 saturated heterocycles. The second kappa shape index (κ2) is 9.14. The van der Waals surface area contributed by atoms with E-state index < -0.39 is 22.0 Å². The normalized spacial score (nSPS) is 12.7. The van der Waals surface area contributed by atoms with Gasteiger partial charge in [-0.1, -0.05) is 54.4 Å². The lowest BCUT2D eigenvalue weighted by Crippen LogP contribution is -2.40. The van der Waals surface area contributed by atoms with Gasteiger partial charge in [0.1, 0.15) is 6.04 Å². The molecule has 0 fully saturated rings. The van der Waals surface area contributed by atoms with Crippen molar-refractivity contribution in [3.63, 3.8) is 0 Å². The van der Waals surface area contributed by atoms with Gasteiger partial charge >= 0.3 is 5.97 Å². The van der Waals surface area contributed by atoms with Crippen molar-refractivity contribution in [1.82, 2.24) is 4.72 Å². The maximum Gasteiger partial charge on any atom is 0.321 e. The quantitative estimate of drug-likeness (QED) is 0.564. The molecule has 140 valence electrons.